The number of aldehydes is 1. The van der Waals surface area contributed by atoms with Gasteiger partial charge in [0.15, 0.2) is 46.5 Å². The van der Waals surface area contributed by atoms with Crippen LogP contribution in [-0.4, -0.2) is 35.1 Å². The Bertz CT molecular complexity index is 966. The van der Waals surface area contributed by atoms with Crippen LogP contribution in [0.25, 0.3) is 11.1 Å². The summed E-state index contributed by atoms with van der Waals surface area (Å²) in [5.74, 6) is -17.5. The average molecular weight is 520 g/mol. The number of hydrogen-bond acceptors (Lipinski definition) is 5. The van der Waals surface area contributed by atoms with Gasteiger partial charge in [-0.25, -0.2) is 35.1 Å². The van der Waals surface area contributed by atoms with Gasteiger partial charge in [0.2, 0.25) is 0 Å². The van der Waals surface area contributed by atoms with E-state index in [0.29, 0.717) is 29.8 Å². The molecule has 2 aromatic carbocycles. The van der Waals surface area contributed by atoms with Gasteiger partial charge in [0.1, 0.15) is 6.29 Å². The molecular weight excluding hydrogens is 506 g/mol. The molecule has 3 aliphatic rings. The zero-order chi connectivity index (χ0) is 24.0. The zero-order valence-corrected chi connectivity index (χ0v) is 18.5. The number of nitrogens with one attached hydrogen (secondary N) is 1. The van der Waals surface area contributed by atoms with Gasteiger partial charge in [-0.3, -0.25) is 0 Å². The second kappa shape index (κ2) is 9.43. The highest BCUT2D eigenvalue weighted by atomic mass is 32.2. The summed E-state index contributed by atoms with van der Waals surface area (Å²) in [4.78, 5) is 8.93. The Hall–Kier alpha value is -1.44. The molecule has 13 heteroatoms. The molecule has 5 rings (SSSR count). The molecule has 0 saturated carbocycles. The van der Waals surface area contributed by atoms with E-state index in [4.69, 9.17) is 0 Å². The van der Waals surface area contributed by atoms with Crippen LogP contribution in [0.2, 0.25) is 0 Å². The maximum absolute atomic E-state index is 14.6. The van der Waals surface area contributed by atoms with Crippen LogP contribution in [-0.2, 0) is 4.79 Å². The largest absolute Gasteiger partial charge is 0.302 e. The van der Waals surface area contributed by atoms with Crippen molar-refractivity contribution in [2.24, 2.45) is 0 Å². The fourth-order valence-electron chi connectivity index (χ4n) is 3.07. The van der Waals surface area contributed by atoms with E-state index < -0.39 is 79.0 Å². The summed E-state index contributed by atoms with van der Waals surface area (Å²) in [6, 6.07) is -0.920. The number of halogens is 8. The van der Waals surface area contributed by atoms with Crippen LogP contribution in [0.3, 0.4) is 0 Å². The molecule has 3 aliphatic heterocycles. The summed E-state index contributed by atoms with van der Waals surface area (Å²) in [6.45, 7) is 1.39. The first-order valence-electron chi connectivity index (χ1n) is 8.79. The predicted molar refractivity (Wildman–Crippen MR) is 108 cm³/mol. The molecular formula is C19H13F8NOS3. The number of thioether (sulfide) groups is 2. The molecule has 0 radical (unpaired) electrons. The summed E-state index contributed by atoms with van der Waals surface area (Å²) in [6.07, 6.45) is 0.458. The quantitative estimate of drug-likeness (QED) is 0.241. The van der Waals surface area contributed by atoms with E-state index in [0.717, 1.165) is 0 Å². The number of carbonyl (C=O) groups excluding carboxylic acids is 1. The standard InChI is InChI=1S/C19H13F8NOS3/c1-19(28-6(2-29)3-30)4-31-17-13(24)9(20)7(10(21)14(17)25)8-11(22)15(26)18(32-5-19)16(27)12(8)23/h2,6,28,30H,3-5H2,1H3/t6-/m1/s1. The second-order valence-electron chi connectivity index (χ2n) is 7.13. The monoisotopic (exact) mass is 519 g/mol. The third kappa shape index (κ3) is 4.24. The first-order valence-corrected chi connectivity index (χ1v) is 11.4. The molecule has 0 spiro atoms. The zero-order valence-electron chi connectivity index (χ0n) is 16.0. The Morgan fingerprint density at radius 2 is 1.16 bits per heavy atom. The minimum Gasteiger partial charge on any atom is -0.302 e. The van der Waals surface area contributed by atoms with E-state index in [1.54, 1.807) is 0 Å². The van der Waals surface area contributed by atoms with Gasteiger partial charge in [-0.1, -0.05) is 0 Å². The maximum atomic E-state index is 14.6. The van der Waals surface area contributed by atoms with E-state index >= 15 is 0 Å². The predicted octanol–water partition coefficient (Wildman–Crippen LogP) is 5.51. The van der Waals surface area contributed by atoms with Crippen molar-refractivity contribution < 1.29 is 39.9 Å². The van der Waals surface area contributed by atoms with Crippen LogP contribution in [0.1, 0.15) is 6.92 Å². The molecule has 0 saturated heterocycles. The number of carbonyl (C=O) groups is 1. The highest BCUT2D eigenvalue weighted by Crippen LogP contribution is 2.43. The molecule has 32 heavy (non-hydrogen) atoms. The highest BCUT2D eigenvalue weighted by molar-refractivity contribution is 8.00. The van der Waals surface area contributed by atoms with E-state index in [1.807, 2.05) is 0 Å². The third-order valence-corrected chi connectivity index (χ3v) is 7.91. The third-order valence-electron chi connectivity index (χ3n) is 4.66. The maximum Gasteiger partial charge on any atom is 0.176 e. The molecule has 1 N–H and O–H groups in total. The van der Waals surface area contributed by atoms with Gasteiger partial charge in [0.05, 0.1) is 27.0 Å². The molecule has 2 nitrogen and oxygen atoms in total. The Morgan fingerprint density at radius 1 is 0.812 bits per heavy atom. The van der Waals surface area contributed by atoms with E-state index in [2.05, 4.69) is 17.9 Å². The smallest absolute Gasteiger partial charge is 0.176 e. The molecule has 3 heterocycles. The lowest BCUT2D eigenvalue weighted by atomic mass is 10.0. The van der Waals surface area contributed by atoms with Crippen molar-refractivity contribution >= 4 is 42.4 Å². The number of hydrogen-bond donors (Lipinski definition) is 2. The van der Waals surface area contributed by atoms with E-state index in [9.17, 15) is 39.9 Å². The number of thiol groups is 1. The fourth-order valence-corrected chi connectivity index (χ4v) is 5.54. The van der Waals surface area contributed by atoms with Gasteiger partial charge in [-0.15, -0.1) is 23.5 Å². The minimum absolute atomic E-state index is 0.0320. The van der Waals surface area contributed by atoms with Crippen molar-refractivity contribution in [3.05, 3.63) is 46.5 Å². The van der Waals surface area contributed by atoms with Gasteiger partial charge in [-0.2, -0.15) is 12.6 Å². The molecule has 0 unspecified atom stereocenters. The Labute approximate surface area is 190 Å². The van der Waals surface area contributed by atoms with Crippen molar-refractivity contribution in [2.45, 2.75) is 28.3 Å². The van der Waals surface area contributed by atoms with Crippen molar-refractivity contribution in [1.29, 1.82) is 0 Å². The normalized spacial score (nSPS) is 16.4. The summed E-state index contributed by atoms with van der Waals surface area (Å²) < 4.78 is 117. The van der Waals surface area contributed by atoms with E-state index in [1.165, 1.54) is 6.92 Å². The van der Waals surface area contributed by atoms with Gasteiger partial charge in [0, 0.05) is 22.8 Å². The van der Waals surface area contributed by atoms with Crippen molar-refractivity contribution in [1.82, 2.24) is 5.32 Å². The molecule has 0 aliphatic carbocycles. The van der Waals surface area contributed by atoms with Crippen LogP contribution in [0.5, 0.6) is 0 Å². The van der Waals surface area contributed by atoms with Gasteiger partial charge in [0.25, 0.3) is 0 Å². The number of fused-ring (bicyclic) bond motifs is 2. The van der Waals surface area contributed by atoms with Gasteiger partial charge >= 0.3 is 0 Å². The summed E-state index contributed by atoms with van der Waals surface area (Å²) in [5.41, 5.74) is -5.16. The Kier molecular flexibility index (Phi) is 7.42. The number of rotatable bonds is 4. The summed E-state index contributed by atoms with van der Waals surface area (Å²) >= 11 is 4.60. The summed E-state index contributed by atoms with van der Waals surface area (Å²) in [7, 11) is 0. The average Bonchev–Trinajstić information content (AvgIpc) is 2.77. The Balaban J connectivity index is 2.35. The molecule has 1 atom stereocenters. The lowest BCUT2D eigenvalue weighted by Gasteiger charge is -2.33. The SMILES string of the molecule is CC1(N[C@H](C=O)CS)CSc2c(F)c(F)c(c(F)c2F)-c2c(F)c(F)c(c(F)c2F)SC1. The topological polar surface area (TPSA) is 29.1 Å². The lowest BCUT2D eigenvalue weighted by Crippen LogP contribution is -2.53. The van der Waals surface area contributed by atoms with Crippen LogP contribution < -0.4 is 5.32 Å². The number of benzene rings is 2. The van der Waals surface area contributed by atoms with Crippen LogP contribution in [0.15, 0.2) is 9.79 Å². The van der Waals surface area contributed by atoms with Crippen molar-refractivity contribution in [2.75, 3.05) is 17.3 Å². The fraction of sp³-hybridized carbons (Fsp3) is 0.316. The minimum atomic E-state index is -2.21. The van der Waals surface area contributed by atoms with Crippen molar-refractivity contribution in [3.63, 3.8) is 0 Å². The first-order chi connectivity index (χ1) is 15.0. The molecule has 174 valence electrons. The lowest BCUT2D eigenvalue weighted by molar-refractivity contribution is -0.109. The molecule has 2 aromatic rings. The van der Waals surface area contributed by atoms with Gasteiger partial charge in [-0.05, 0) is 6.92 Å². The van der Waals surface area contributed by atoms with E-state index in [-0.39, 0.29) is 17.3 Å². The van der Waals surface area contributed by atoms with Crippen LogP contribution in [0.4, 0.5) is 35.1 Å². The highest BCUT2D eigenvalue weighted by Gasteiger charge is 2.37. The molecule has 0 fully saturated rings. The first kappa shape index (κ1) is 25.2. The van der Waals surface area contributed by atoms with Crippen molar-refractivity contribution in [3.8, 4) is 11.1 Å². The van der Waals surface area contributed by atoms with Crippen LogP contribution >= 0.6 is 36.2 Å². The molecule has 0 amide bonds. The second-order valence-corrected chi connectivity index (χ2v) is 9.46. The van der Waals surface area contributed by atoms with Gasteiger partial charge < -0.3 is 10.1 Å². The summed E-state index contributed by atoms with van der Waals surface area (Å²) in [5, 5.41) is 2.77. The Morgan fingerprint density at radius 3 is 1.44 bits per heavy atom. The molecule has 0 aromatic heterocycles. The van der Waals surface area contributed by atoms with Crippen LogP contribution in [0, 0.1) is 46.5 Å². The molecule has 4 bridgehead atoms.